The van der Waals surface area contributed by atoms with Gasteiger partial charge in [0.2, 0.25) is 0 Å². The number of hydrogen-bond donors (Lipinski definition) is 1. The SMILES string of the molecule is COc1cccc(-c2cc(C(=O)Nc3ccc(-c4ccc(OC5CCN(C)CC5)c(OC)c4)cc3)ccc2OC)c1. The van der Waals surface area contributed by atoms with E-state index in [1.54, 1.807) is 33.5 Å². The van der Waals surface area contributed by atoms with Crippen LogP contribution in [0.25, 0.3) is 22.3 Å². The van der Waals surface area contributed by atoms with Crippen LogP contribution >= 0.6 is 0 Å². The average Bonchev–Trinajstić information content (AvgIpc) is 3.02. The van der Waals surface area contributed by atoms with Gasteiger partial charge in [-0.25, -0.2) is 0 Å². The number of rotatable bonds is 9. The normalized spacial score (nSPS) is 13.9. The molecule has 4 aromatic carbocycles. The molecule has 0 aliphatic carbocycles. The summed E-state index contributed by atoms with van der Waals surface area (Å²) in [7, 11) is 7.05. The van der Waals surface area contributed by atoms with E-state index in [4.69, 9.17) is 18.9 Å². The number of ether oxygens (including phenoxy) is 4. The molecule has 0 bridgehead atoms. The minimum Gasteiger partial charge on any atom is -0.497 e. The first-order valence-corrected chi connectivity index (χ1v) is 13.7. The molecule has 1 aliphatic rings. The molecule has 7 nitrogen and oxygen atoms in total. The Labute approximate surface area is 241 Å². The molecule has 5 rings (SSSR count). The highest BCUT2D eigenvalue weighted by Crippen LogP contribution is 2.35. The molecular weight excluding hydrogens is 516 g/mol. The summed E-state index contributed by atoms with van der Waals surface area (Å²) in [6.07, 6.45) is 2.21. The summed E-state index contributed by atoms with van der Waals surface area (Å²) in [4.78, 5) is 15.5. The number of carbonyl (C=O) groups excluding carboxylic acids is 1. The van der Waals surface area contributed by atoms with Crippen LogP contribution in [0, 0.1) is 0 Å². The summed E-state index contributed by atoms with van der Waals surface area (Å²) < 4.78 is 22.9. The lowest BCUT2D eigenvalue weighted by atomic mass is 10.0. The number of piperidine rings is 1. The Kier molecular flexibility index (Phi) is 8.75. The fraction of sp³-hybridized carbons (Fsp3) is 0.265. The fourth-order valence-corrected chi connectivity index (χ4v) is 5.04. The fourth-order valence-electron chi connectivity index (χ4n) is 5.04. The van der Waals surface area contributed by atoms with Crippen LogP contribution in [0.1, 0.15) is 23.2 Å². The summed E-state index contributed by atoms with van der Waals surface area (Å²) in [5, 5.41) is 3.00. The van der Waals surface area contributed by atoms with Gasteiger partial charge in [-0.2, -0.15) is 0 Å². The zero-order valence-corrected chi connectivity index (χ0v) is 24.0. The predicted molar refractivity (Wildman–Crippen MR) is 163 cm³/mol. The standard InChI is InChI=1S/C34H36N2O5/c1-36-18-16-28(17-19-36)41-32-15-10-24(22-33(32)40-4)23-8-12-27(13-9-23)35-34(37)26-11-14-31(39-3)30(21-26)25-6-5-7-29(20-25)38-2/h5-15,20-22,28H,16-19H2,1-4H3,(H,35,37). The topological polar surface area (TPSA) is 69.3 Å². The number of amides is 1. The Morgan fingerprint density at radius 2 is 1.44 bits per heavy atom. The van der Waals surface area contributed by atoms with E-state index in [1.807, 2.05) is 72.8 Å². The van der Waals surface area contributed by atoms with Gasteiger partial charge in [-0.15, -0.1) is 0 Å². The zero-order valence-electron chi connectivity index (χ0n) is 24.0. The third kappa shape index (κ3) is 6.64. The van der Waals surface area contributed by atoms with E-state index in [2.05, 4.69) is 17.3 Å². The largest absolute Gasteiger partial charge is 0.497 e. The van der Waals surface area contributed by atoms with E-state index in [-0.39, 0.29) is 12.0 Å². The summed E-state index contributed by atoms with van der Waals surface area (Å²) in [5.74, 6) is 2.68. The van der Waals surface area contributed by atoms with Crippen molar-refractivity contribution in [2.24, 2.45) is 0 Å². The Bertz CT molecular complexity index is 1490. The smallest absolute Gasteiger partial charge is 0.255 e. The number of benzene rings is 4. The van der Waals surface area contributed by atoms with Crippen LogP contribution in [0.15, 0.2) is 84.9 Å². The second kappa shape index (κ2) is 12.8. The van der Waals surface area contributed by atoms with Crippen molar-refractivity contribution in [2.45, 2.75) is 18.9 Å². The van der Waals surface area contributed by atoms with Gasteiger partial charge in [-0.1, -0.05) is 30.3 Å². The lowest BCUT2D eigenvalue weighted by molar-refractivity contribution is 0.102. The number of nitrogens with one attached hydrogen (secondary N) is 1. The van der Waals surface area contributed by atoms with Crippen LogP contribution in [0.2, 0.25) is 0 Å². The maximum atomic E-state index is 13.2. The monoisotopic (exact) mass is 552 g/mol. The molecule has 0 unspecified atom stereocenters. The number of methoxy groups -OCH3 is 3. The zero-order chi connectivity index (χ0) is 28.8. The number of likely N-dealkylation sites (tertiary alicyclic amines) is 1. The molecular formula is C34H36N2O5. The molecule has 0 atom stereocenters. The number of nitrogens with zero attached hydrogens (tertiary/aromatic N) is 1. The first-order chi connectivity index (χ1) is 20.0. The molecule has 4 aromatic rings. The molecule has 1 N–H and O–H groups in total. The third-order valence-corrected chi connectivity index (χ3v) is 7.44. The summed E-state index contributed by atoms with van der Waals surface area (Å²) in [6.45, 7) is 2.08. The molecule has 0 radical (unpaired) electrons. The second-order valence-corrected chi connectivity index (χ2v) is 10.2. The van der Waals surface area contributed by atoms with Gasteiger partial charge in [-0.3, -0.25) is 4.79 Å². The van der Waals surface area contributed by atoms with Crippen molar-refractivity contribution in [2.75, 3.05) is 46.8 Å². The van der Waals surface area contributed by atoms with E-state index in [0.29, 0.717) is 22.7 Å². The van der Waals surface area contributed by atoms with Crippen molar-refractivity contribution in [3.05, 3.63) is 90.5 Å². The molecule has 1 fully saturated rings. The van der Waals surface area contributed by atoms with Crippen molar-refractivity contribution in [1.29, 1.82) is 0 Å². The molecule has 0 saturated carbocycles. The highest BCUT2D eigenvalue weighted by Gasteiger charge is 2.20. The lowest BCUT2D eigenvalue weighted by Gasteiger charge is -2.29. The van der Waals surface area contributed by atoms with Gasteiger partial charge in [0, 0.05) is 29.9 Å². The van der Waals surface area contributed by atoms with E-state index in [1.165, 1.54) is 0 Å². The highest BCUT2D eigenvalue weighted by molar-refractivity contribution is 6.05. The summed E-state index contributed by atoms with van der Waals surface area (Å²) in [5.41, 5.74) is 4.96. The lowest BCUT2D eigenvalue weighted by Crippen LogP contribution is -2.35. The molecule has 1 aliphatic heterocycles. The first kappa shape index (κ1) is 28.1. The molecule has 1 heterocycles. The van der Waals surface area contributed by atoms with E-state index >= 15 is 0 Å². The Morgan fingerprint density at radius 3 is 2.15 bits per heavy atom. The molecule has 1 saturated heterocycles. The quantitative estimate of drug-likeness (QED) is 0.247. The first-order valence-electron chi connectivity index (χ1n) is 13.7. The van der Waals surface area contributed by atoms with E-state index < -0.39 is 0 Å². The third-order valence-electron chi connectivity index (χ3n) is 7.44. The van der Waals surface area contributed by atoms with Gasteiger partial charge in [0.15, 0.2) is 11.5 Å². The Hall–Kier alpha value is -4.49. The Balaban J connectivity index is 1.29. The Morgan fingerprint density at radius 1 is 0.732 bits per heavy atom. The van der Waals surface area contributed by atoms with Crippen molar-refractivity contribution >= 4 is 11.6 Å². The van der Waals surface area contributed by atoms with E-state index in [0.717, 1.165) is 59.7 Å². The van der Waals surface area contributed by atoms with Crippen molar-refractivity contribution < 1.29 is 23.7 Å². The molecule has 212 valence electrons. The molecule has 0 aromatic heterocycles. The molecule has 0 spiro atoms. The van der Waals surface area contributed by atoms with Gasteiger partial charge < -0.3 is 29.2 Å². The second-order valence-electron chi connectivity index (χ2n) is 10.2. The predicted octanol–water partition coefficient (Wildman–Crippen LogP) is 6.77. The van der Waals surface area contributed by atoms with Crippen LogP contribution in [0.3, 0.4) is 0 Å². The maximum Gasteiger partial charge on any atom is 0.255 e. The number of hydrogen-bond acceptors (Lipinski definition) is 6. The molecule has 41 heavy (non-hydrogen) atoms. The van der Waals surface area contributed by atoms with Crippen LogP contribution < -0.4 is 24.3 Å². The summed E-state index contributed by atoms with van der Waals surface area (Å²) >= 11 is 0. The number of anilines is 1. The van der Waals surface area contributed by atoms with Crippen molar-refractivity contribution in [3.8, 4) is 45.3 Å². The van der Waals surface area contributed by atoms with Crippen molar-refractivity contribution in [1.82, 2.24) is 4.90 Å². The van der Waals surface area contributed by atoms with Crippen molar-refractivity contribution in [3.63, 3.8) is 0 Å². The molecule has 1 amide bonds. The van der Waals surface area contributed by atoms with Gasteiger partial charge >= 0.3 is 0 Å². The van der Waals surface area contributed by atoms with Crippen LogP contribution in [-0.2, 0) is 0 Å². The van der Waals surface area contributed by atoms with Gasteiger partial charge in [-0.05, 0) is 91.2 Å². The van der Waals surface area contributed by atoms with Gasteiger partial charge in [0.1, 0.15) is 17.6 Å². The summed E-state index contributed by atoms with van der Waals surface area (Å²) in [6, 6.07) is 26.8. The van der Waals surface area contributed by atoms with Crippen LogP contribution in [0.4, 0.5) is 5.69 Å². The maximum absolute atomic E-state index is 13.2. The van der Waals surface area contributed by atoms with Crippen LogP contribution in [0.5, 0.6) is 23.0 Å². The molecule has 7 heteroatoms. The average molecular weight is 553 g/mol. The van der Waals surface area contributed by atoms with Crippen LogP contribution in [-0.4, -0.2) is 58.4 Å². The minimum atomic E-state index is -0.207. The minimum absolute atomic E-state index is 0.200. The van der Waals surface area contributed by atoms with Gasteiger partial charge in [0.25, 0.3) is 5.91 Å². The van der Waals surface area contributed by atoms with E-state index in [9.17, 15) is 4.79 Å². The number of carbonyl (C=O) groups is 1. The van der Waals surface area contributed by atoms with Gasteiger partial charge in [0.05, 0.1) is 21.3 Å². The highest BCUT2D eigenvalue weighted by atomic mass is 16.5.